The van der Waals surface area contributed by atoms with Gasteiger partial charge in [-0.1, -0.05) is 32.9 Å². The number of thioether (sulfide) groups is 1. The van der Waals surface area contributed by atoms with Gasteiger partial charge in [0.05, 0.1) is 5.60 Å². The Morgan fingerprint density at radius 1 is 1.21 bits per heavy atom. The molecule has 0 heterocycles. The molecule has 0 aliphatic rings. The molecular weight excluding hydrogens is 254 g/mol. The third kappa shape index (κ3) is 4.83. The highest BCUT2D eigenvalue weighted by Crippen LogP contribution is 2.30. The molecule has 0 aliphatic carbocycles. The van der Waals surface area contributed by atoms with Gasteiger partial charge in [0.25, 0.3) is 0 Å². The normalized spacial score (nSPS) is 16.4. The van der Waals surface area contributed by atoms with Crippen LogP contribution < -0.4 is 5.73 Å². The zero-order chi connectivity index (χ0) is 14.5. The number of hydrogen-bond acceptors (Lipinski definition) is 3. The Kier molecular flexibility index (Phi) is 6.37. The summed E-state index contributed by atoms with van der Waals surface area (Å²) in [6.07, 6.45) is 1.23. The summed E-state index contributed by atoms with van der Waals surface area (Å²) >= 11 is 1.88. The average Bonchev–Trinajstić information content (AvgIpc) is 2.38. The number of rotatable bonds is 7. The van der Waals surface area contributed by atoms with E-state index in [0.29, 0.717) is 6.54 Å². The summed E-state index contributed by atoms with van der Waals surface area (Å²) in [5.74, 6) is 1.94. The summed E-state index contributed by atoms with van der Waals surface area (Å²) in [6.45, 7) is 8.79. The standard InChI is InChI=1S/C16H27NOS/c1-12(2)9-10-19-15-7-5-14(6-8-15)16(4,18)13(3)11-17/h5-8,12-13,18H,9-11,17H2,1-4H3. The molecule has 0 saturated heterocycles. The topological polar surface area (TPSA) is 46.2 Å². The van der Waals surface area contributed by atoms with Crippen molar-refractivity contribution in [3.63, 3.8) is 0 Å². The van der Waals surface area contributed by atoms with Gasteiger partial charge in [0, 0.05) is 10.8 Å². The number of hydrogen-bond donors (Lipinski definition) is 2. The molecule has 0 radical (unpaired) electrons. The van der Waals surface area contributed by atoms with E-state index in [2.05, 4.69) is 26.0 Å². The van der Waals surface area contributed by atoms with E-state index in [0.717, 1.165) is 17.2 Å². The Morgan fingerprint density at radius 3 is 2.26 bits per heavy atom. The second kappa shape index (κ2) is 7.32. The van der Waals surface area contributed by atoms with Crippen molar-refractivity contribution in [2.75, 3.05) is 12.3 Å². The van der Waals surface area contributed by atoms with Gasteiger partial charge in [-0.05, 0) is 49.3 Å². The SMILES string of the molecule is CC(C)CCSc1ccc(C(C)(O)C(C)CN)cc1. The molecule has 0 fully saturated rings. The molecule has 3 N–H and O–H groups in total. The average molecular weight is 281 g/mol. The minimum atomic E-state index is -0.851. The summed E-state index contributed by atoms with van der Waals surface area (Å²) in [5.41, 5.74) is 5.75. The van der Waals surface area contributed by atoms with Crippen molar-refractivity contribution in [3.8, 4) is 0 Å². The van der Waals surface area contributed by atoms with Gasteiger partial charge >= 0.3 is 0 Å². The Morgan fingerprint density at radius 2 is 1.79 bits per heavy atom. The first-order chi connectivity index (χ1) is 8.87. The van der Waals surface area contributed by atoms with Crippen LogP contribution in [-0.4, -0.2) is 17.4 Å². The van der Waals surface area contributed by atoms with Crippen molar-refractivity contribution >= 4 is 11.8 Å². The molecule has 0 aliphatic heterocycles. The predicted octanol–water partition coefficient (Wildman–Crippen LogP) is 3.63. The summed E-state index contributed by atoms with van der Waals surface area (Å²) in [5, 5.41) is 10.5. The molecule has 19 heavy (non-hydrogen) atoms. The molecular formula is C16H27NOS. The quantitative estimate of drug-likeness (QED) is 0.750. The van der Waals surface area contributed by atoms with Crippen LogP contribution in [0.5, 0.6) is 0 Å². The van der Waals surface area contributed by atoms with E-state index >= 15 is 0 Å². The van der Waals surface area contributed by atoms with E-state index in [4.69, 9.17) is 5.73 Å². The molecule has 0 aromatic heterocycles. The molecule has 1 rings (SSSR count). The van der Waals surface area contributed by atoms with Gasteiger partial charge in [-0.3, -0.25) is 0 Å². The highest BCUT2D eigenvalue weighted by Gasteiger charge is 2.29. The molecule has 3 heteroatoms. The molecule has 1 aromatic carbocycles. The van der Waals surface area contributed by atoms with Crippen LogP contribution in [-0.2, 0) is 5.60 Å². The lowest BCUT2D eigenvalue weighted by Crippen LogP contribution is -2.34. The van der Waals surface area contributed by atoms with Gasteiger partial charge < -0.3 is 10.8 Å². The Hall–Kier alpha value is -0.510. The fourth-order valence-electron chi connectivity index (χ4n) is 1.82. The van der Waals surface area contributed by atoms with E-state index in [1.165, 1.54) is 11.3 Å². The number of benzene rings is 1. The number of nitrogens with two attached hydrogens (primary N) is 1. The maximum Gasteiger partial charge on any atom is 0.0905 e. The minimum absolute atomic E-state index is 0.0481. The summed E-state index contributed by atoms with van der Waals surface area (Å²) < 4.78 is 0. The monoisotopic (exact) mass is 281 g/mol. The second-order valence-corrected chi connectivity index (χ2v) is 7.01. The first kappa shape index (κ1) is 16.5. The zero-order valence-corrected chi connectivity index (χ0v) is 13.3. The first-order valence-corrected chi connectivity index (χ1v) is 8.02. The van der Waals surface area contributed by atoms with E-state index in [9.17, 15) is 5.11 Å². The first-order valence-electron chi connectivity index (χ1n) is 7.03. The van der Waals surface area contributed by atoms with Crippen LogP contribution in [0.4, 0.5) is 0 Å². The third-order valence-corrected chi connectivity index (χ3v) is 4.76. The van der Waals surface area contributed by atoms with Gasteiger partial charge in [-0.25, -0.2) is 0 Å². The Balaban J connectivity index is 2.65. The van der Waals surface area contributed by atoms with E-state index < -0.39 is 5.60 Å². The molecule has 0 spiro atoms. The fourth-order valence-corrected chi connectivity index (χ4v) is 2.97. The Labute approximate surface area is 121 Å². The Bertz CT molecular complexity index is 373. The molecule has 1 aromatic rings. The van der Waals surface area contributed by atoms with Crippen molar-refractivity contribution in [3.05, 3.63) is 29.8 Å². The lowest BCUT2D eigenvalue weighted by atomic mass is 9.84. The van der Waals surface area contributed by atoms with Crippen LogP contribution in [0.1, 0.15) is 39.7 Å². The van der Waals surface area contributed by atoms with Gasteiger partial charge in [0.2, 0.25) is 0 Å². The van der Waals surface area contributed by atoms with Crippen molar-refractivity contribution < 1.29 is 5.11 Å². The summed E-state index contributed by atoms with van der Waals surface area (Å²) in [4.78, 5) is 1.26. The molecule has 0 bridgehead atoms. The molecule has 0 saturated carbocycles. The largest absolute Gasteiger partial charge is 0.385 e. The third-order valence-electron chi connectivity index (χ3n) is 3.72. The molecule has 2 unspecified atom stereocenters. The van der Waals surface area contributed by atoms with Crippen LogP contribution in [0, 0.1) is 11.8 Å². The van der Waals surface area contributed by atoms with Crippen molar-refractivity contribution in [1.29, 1.82) is 0 Å². The van der Waals surface area contributed by atoms with Gasteiger partial charge in [0.15, 0.2) is 0 Å². The van der Waals surface area contributed by atoms with E-state index in [-0.39, 0.29) is 5.92 Å². The molecule has 2 nitrogen and oxygen atoms in total. The summed E-state index contributed by atoms with van der Waals surface area (Å²) in [7, 11) is 0. The molecule has 2 atom stereocenters. The van der Waals surface area contributed by atoms with E-state index in [1.54, 1.807) is 0 Å². The maximum absolute atomic E-state index is 10.5. The smallest absolute Gasteiger partial charge is 0.0905 e. The lowest BCUT2D eigenvalue weighted by Gasteiger charge is -2.30. The fraction of sp³-hybridized carbons (Fsp3) is 0.625. The van der Waals surface area contributed by atoms with Crippen LogP contribution in [0.25, 0.3) is 0 Å². The maximum atomic E-state index is 10.5. The highest BCUT2D eigenvalue weighted by molar-refractivity contribution is 7.99. The van der Waals surface area contributed by atoms with Crippen LogP contribution in [0.2, 0.25) is 0 Å². The van der Waals surface area contributed by atoms with Crippen molar-refractivity contribution in [2.24, 2.45) is 17.6 Å². The summed E-state index contributed by atoms with van der Waals surface area (Å²) in [6, 6.07) is 8.23. The van der Waals surface area contributed by atoms with E-state index in [1.807, 2.05) is 37.7 Å². The van der Waals surface area contributed by atoms with Crippen LogP contribution >= 0.6 is 11.8 Å². The van der Waals surface area contributed by atoms with Gasteiger partial charge in [0.1, 0.15) is 0 Å². The number of aliphatic hydroxyl groups is 1. The molecule has 0 amide bonds. The van der Waals surface area contributed by atoms with Gasteiger partial charge in [-0.15, -0.1) is 11.8 Å². The molecule has 108 valence electrons. The van der Waals surface area contributed by atoms with Crippen LogP contribution in [0.3, 0.4) is 0 Å². The lowest BCUT2D eigenvalue weighted by molar-refractivity contribution is 0.00515. The van der Waals surface area contributed by atoms with Gasteiger partial charge in [-0.2, -0.15) is 0 Å². The highest BCUT2D eigenvalue weighted by atomic mass is 32.2. The predicted molar refractivity (Wildman–Crippen MR) is 84.4 cm³/mol. The minimum Gasteiger partial charge on any atom is -0.385 e. The van der Waals surface area contributed by atoms with Crippen molar-refractivity contribution in [2.45, 2.75) is 44.6 Å². The second-order valence-electron chi connectivity index (χ2n) is 5.84. The van der Waals surface area contributed by atoms with Crippen molar-refractivity contribution in [1.82, 2.24) is 0 Å². The zero-order valence-electron chi connectivity index (χ0n) is 12.5. The van der Waals surface area contributed by atoms with Crippen LogP contribution in [0.15, 0.2) is 29.2 Å².